The first-order valence-corrected chi connectivity index (χ1v) is 5.22. The molecule has 0 atom stereocenters. The first-order chi connectivity index (χ1) is 6.20. The molecule has 0 unspecified atom stereocenters. The normalized spacial score (nSPS) is 10.9. The summed E-state index contributed by atoms with van der Waals surface area (Å²) in [5, 5.41) is 0. The molecule has 0 saturated heterocycles. The Labute approximate surface area is 89.1 Å². The van der Waals surface area contributed by atoms with Crippen LogP contribution in [0, 0.1) is 4.84 Å². The summed E-state index contributed by atoms with van der Waals surface area (Å²) in [5.74, 6) is 0. The lowest BCUT2D eigenvalue weighted by Gasteiger charge is -1.97. The minimum Gasteiger partial charge on any atom is -0.429 e. The lowest BCUT2D eigenvalue weighted by Crippen LogP contribution is -1.81. The van der Waals surface area contributed by atoms with Crippen LogP contribution in [0.15, 0.2) is 21.0 Å². The van der Waals surface area contributed by atoms with Crippen molar-refractivity contribution >= 4 is 39.2 Å². The van der Waals surface area contributed by atoms with Gasteiger partial charge in [0.25, 0.3) is 4.84 Å². The van der Waals surface area contributed by atoms with Crippen molar-refractivity contribution in [1.82, 2.24) is 4.98 Å². The molecular formula is C9H8BrNOS. The van der Waals surface area contributed by atoms with Gasteiger partial charge in [-0.3, -0.25) is 0 Å². The van der Waals surface area contributed by atoms with Crippen LogP contribution in [0.1, 0.15) is 12.5 Å². The molecule has 68 valence electrons. The van der Waals surface area contributed by atoms with Gasteiger partial charge in [-0.05, 0) is 36.3 Å². The molecule has 2 aromatic rings. The molecule has 0 bridgehead atoms. The van der Waals surface area contributed by atoms with Crippen LogP contribution in [0.2, 0.25) is 0 Å². The second-order valence-electron chi connectivity index (χ2n) is 2.81. The number of aromatic amines is 1. The van der Waals surface area contributed by atoms with E-state index in [4.69, 9.17) is 16.6 Å². The molecule has 0 aliphatic rings. The molecule has 0 fully saturated rings. The van der Waals surface area contributed by atoms with Crippen LogP contribution in [0.3, 0.4) is 0 Å². The van der Waals surface area contributed by atoms with E-state index in [1.165, 1.54) is 0 Å². The third kappa shape index (κ3) is 1.56. The molecular weight excluding hydrogens is 250 g/mol. The summed E-state index contributed by atoms with van der Waals surface area (Å²) in [6, 6.07) is 4.02. The maximum atomic E-state index is 5.38. The molecule has 0 saturated carbocycles. The molecule has 2 rings (SSSR count). The molecule has 1 aromatic heterocycles. The monoisotopic (exact) mass is 257 g/mol. The topological polar surface area (TPSA) is 28.9 Å². The average Bonchev–Trinajstić information content (AvgIpc) is 2.43. The largest absolute Gasteiger partial charge is 0.429 e. The molecule has 1 N–H and O–H groups in total. The minimum atomic E-state index is 0.433. The summed E-state index contributed by atoms with van der Waals surface area (Å²) in [6.45, 7) is 2.09. The highest BCUT2D eigenvalue weighted by atomic mass is 79.9. The van der Waals surface area contributed by atoms with Gasteiger partial charge in [0.15, 0.2) is 5.58 Å². The Kier molecular flexibility index (Phi) is 2.26. The van der Waals surface area contributed by atoms with E-state index in [9.17, 15) is 0 Å². The second kappa shape index (κ2) is 3.27. The van der Waals surface area contributed by atoms with Crippen molar-refractivity contribution in [3.05, 3.63) is 27.0 Å². The number of hydrogen-bond acceptors (Lipinski definition) is 2. The highest BCUT2D eigenvalue weighted by Gasteiger charge is 2.05. The van der Waals surface area contributed by atoms with Crippen molar-refractivity contribution in [3.63, 3.8) is 0 Å². The van der Waals surface area contributed by atoms with Crippen LogP contribution in [0.5, 0.6) is 0 Å². The highest BCUT2D eigenvalue weighted by Crippen LogP contribution is 2.24. The smallest absolute Gasteiger partial charge is 0.266 e. The fourth-order valence-corrected chi connectivity index (χ4v) is 2.05. The number of hydrogen-bond donors (Lipinski definition) is 1. The van der Waals surface area contributed by atoms with Gasteiger partial charge in [0.1, 0.15) is 0 Å². The van der Waals surface area contributed by atoms with Crippen LogP contribution in [0.25, 0.3) is 11.1 Å². The van der Waals surface area contributed by atoms with Gasteiger partial charge < -0.3 is 9.40 Å². The molecule has 0 amide bonds. The summed E-state index contributed by atoms with van der Waals surface area (Å²) < 4.78 is 6.43. The number of rotatable bonds is 1. The van der Waals surface area contributed by atoms with Gasteiger partial charge in [0.2, 0.25) is 0 Å². The Bertz CT molecular complexity index is 500. The van der Waals surface area contributed by atoms with Gasteiger partial charge >= 0.3 is 0 Å². The van der Waals surface area contributed by atoms with E-state index < -0.39 is 0 Å². The van der Waals surface area contributed by atoms with Crippen molar-refractivity contribution in [1.29, 1.82) is 0 Å². The van der Waals surface area contributed by atoms with Crippen LogP contribution in [-0.4, -0.2) is 4.98 Å². The van der Waals surface area contributed by atoms with E-state index in [-0.39, 0.29) is 0 Å². The fourth-order valence-electron chi connectivity index (χ4n) is 1.35. The summed E-state index contributed by atoms with van der Waals surface area (Å²) in [7, 11) is 0. The fraction of sp³-hybridized carbons (Fsp3) is 0.222. The Morgan fingerprint density at radius 3 is 3.00 bits per heavy atom. The van der Waals surface area contributed by atoms with E-state index in [2.05, 4.69) is 33.9 Å². The van der Waals surface area contributed by atoms with Crippen molar-refractivity contribution < 1.29 is 4.42 Å². The van der Waals surface area contributed by atoms with Crippen LogP contribution >= 0.6 is 28.1 Å². The standard InChI is InChI=1S/C9H8BrNOS/c1-2-5-3-6(10)4-7-8(5)12-9(13)11-7/h3-4H,2H2,1H3,(H,11,13). The van der Waals surface area contributed by atoms with Crippen LogP contribution < -0.4 is 0 Å². The first-order valence-electron chi connectivity index (χ1n) is 4.02. The van der Waals surface area contributed by atoms with Crippen molar-refractivity contribution in [2.24, 2.45) is 0 Å². The predicted molar refractivity (Wildman–Crippen MR) is 58.5 cm³/mol. The van der Waals surface area contributed by atoms with Gasteiger partial charge in [0.05, 0.1) is 5.52 Å². The number of fused-ring (bicyclic) bond motifs is 1. The zero-order valence-electron chi connectivity index (χ0n) is 7.06. The molecule has 0 radical (unpaired) electrons. The number of halogens is 1. The average molecular weight is 258 g/mol. The Hall–Kier alpha value is -0.610. The number of oxazole rings is 1. The van der Waals surface area contributed by atoms with Gasteiger partial charge in [-0.25, -0.2) is 0 Å². The molecule has 4 heteroatoms. The zero-order chi connectivity index (χ0) is 9.42. The summed E-state index contributed by atoms with van der Waals surface area (Å²) in [5.41, 5.74) is 2.99. The van der Waals surface area contributed by atoms with E-state index in [0.29, 0.717) is 4.84 Å². The molecule has 0 aliphatic carbocycles. The molecule has 1 aromatic carbocycles. The minimum absolute atomic E-state index is 0.433. The van der Waals surface area contributed by atoms with Gasteiger partial charge in [-0.1, -0.05) is 22.9 Å². The third-order valence-electron chi connectivity index (χ3n) is 1.94. The number of aryl methyl sites for hydroxylation is 1. The summed E-state index contributed by atoms with van der Waals surface area (Å²) >= 11 is 8.36. The Morgan fingerprint density at radius 2 is 2.31 bits per heavy atom. The second-order valence-corrected chi connectivity index (χ2v) is 4.10. The predicted octanol–water partition coefficient (Wildman–Crippen LogP) is 3.82. The van der Waals surface area contributed by atoms with E-state index in [1.54, 1.807) is 0 Å². The number of H-pyrrole nitrogens is 1. The van der Waals surface area contributed by atoms with Crippen molar-refractivity contribution in [3.8, 4) is 0 Å². The number of aromatic nitrogens is 1. The molecule has 1 heterocycles. The third-order valence-corrected chi connectivity index (χ3v) is 2.59. The lowest BCUT2D eigenvalue weighted by atomic mass is 10.1. The highest BCUT2D eigenvalue weighted by molar-refractivity contribution is 9.10. The molecule has 0 aliphatic heterocycles. The number of benzene rings is 1. The molecule has 0 spiro atoms. The van der Waals surface area contributed by atoms with Crippen molar-refractivity contribution in [2.75, 3.05) is 0 Å². The van der Waals surface area contributed by atoms with Gasteiger partial charge in [-0.2, -0.15) is 0 Å². The van der Waals surface area contributed by atoms with E-state index >= 15 is 0 Å². The zero-order valence-corrected chi connectivity index (χ0v) is 9.46. The number of nitrogens with one attached hydrogen (secondary N) is 1. The summed E-state index contributed by atoms with van der Waals surface area (Å²) in [6.07, 6.45) is 0.937. The van der Waals surface area contributed by atoms with Crippen LogP contribution in [0.4, 0.5) is 0 Å². The van der Waals surface area contributed by atoms with E-state index in [1.807, 2.05) is 6.07 Å². The molecule has 13 heavy (non-hydrogen) atoms. The van der Waals surface area contributed by atoms with Gasteiger partial charge in [0, 0.05) is 4.47 Å². The summed E-state index contributed by atoms with van der Waals surface area (Å²) in [4.78, 5) is 3.43. The quantitative estimate of drug-likeness (QED) is 0.788. The van der Waals surface area contributed by atoms with Crippen LogP contribution in [-0.2, 0) is 6.42 Å². The van der Waals surface area contributed by atoms with Gasteiger partial charge in [-0.15, -0.1) is 0 Å². The molecule has 2 nitrogen and oxygen atoms in total. The Balaban J connectivity index is 2.88. The van der Waals surface area contributed by atoms with Crippen molar-refractivity contribution in [2.45, 2.75) is 13.3 Å². The maximum Gasteiger partial charge on any atom is 0.266 e. The SMILES string of the molecule is CCc1cc(Br)cc2[nH]c(=S)oc12. The van der Waals surface area contributed by atoms with E-state index in [0.717, 1.165) is 27.6 Å². The Morgan fingerprint density at radius 1 is 1.54 bits per heavy atom. The first kappa shape index (κ1) is 8.97. The maximum absolute atomic E-state index is 5.38. The lowest BCUT2D eigenvalue weighted by molar-refractivity contribution is 0.580.